The molecule has 0 saturated heterocycles. The maximum absolute atomic E-state index is 2.52. The summed E-state index contributed by atoms with van der Waals surface area (Å²) in [5.74, 6) is 0. The quantitative estimate of drug-likeness (QED) is 0.163. The summed E-state index contributed by atoms with van der Waals surface area (Å²) in [5.41, 5.74) is 21.4. The molecule has 0 N–H and O–H groups in total. The van der Waals surface area contributed by atoms with Gasteiger partial charge in [0.05, 0.1) is 33.5 Å². The van der Waals surface area contributed by atoms with Crippen molar-refractivity contribution >= 4 is 38.9 Å². The Hall–Kier alpha value is -8.20. The highest BCUT2D eigenvalue weighted by molar-refractivity contribution is 6.13. The van der Waals surface area contributed by atoms with E-state index in [-0.39, 0.29) is 0 Å². The third-order valence-corrected chi connectivity index (χ3v) is 13.6. The molecule has 0 bridgehead atoms. The minimum Gasteiger partial charge on any atom is -0.309 e. The Morgan fingerprint density at radius 3 is 1.65 bits per heavy atom. The smallest absolute Gasteiger partial charge is 0.0754 e. The molecule has 1 aromatic heterocycles. The number of aromatic nitrogens is 1. The van der Waals surface area contributed by atoms with Gasteiger partial charge in [-0.05, 0) is 98.1 Å². The number of hydrogen-bond acceptors (Lipinski definition) is 1. The van der Waals surface area contributed by atoms with Crippen LogP contribution < -0.4 is 4.90 Å². The zero-order valence-corrected chi connectivity index (χ0v) is 34.5. The monoisotopic (exact) mass is 800 g/mol. The molecule has 1 aliphatic carbocycles. The maximum atomic E-state index is 2.52. The molecular formula is C61H40N2. The molecular weight excluding hydrogens is 761 g/mol. The molecule has 1 aliphatic heterocycles. The molecule has 2 heterocycles. The first-order valence-corrected chi connectivity index (χ1v) is 21.9. The summed E-state index contributed by atoms with van der Waals surface area (Å²) in [4.78, 5) is 2.49. The lowest BCUT2D eigenvalue weighted by molar-refractivity contribution is 0.748. The minimum atomic E-state index is -0.520. The van der Waals surface area contributed by atoms with Gasteiger partial charge in [-0.15, -0.1) is 0 Å². The van der Waals surface area contributed by atoms with Gasteiger partial charge >= 0.3 is 0 Å². The summed E-state index contributed by atoms with van der Waals surface area (Å²) in [5, 5.41) is 2.57. The van der Waals surface area contributed by atoms with E-state index >= 15 is 0 Å². The summed E-state index contributed by atoms with van der Waals surface area (Å²) < 4.78 is 2.52. The fourth-order valence-electron chi connectivity index (χ4n) is 11.0. The molecule has 10 aromatic carbocycles. The number of rotatable bonds is 6. The first kappa shape index (κ1) is 35.5. The van der Waals surface area contributed by atoms with Crippen LogP contribution in [0.3, 0.4) is 0 Å². The molecule has 13 rings (SSSR count). The normalized spacial score (nSPS) is 14.4. The first-order valence-electron chi connectivity index (χ1n) is 21.9. The van der Waals surface area contributed by atoms with Gasteiger partial charge in [0.1, 0.15) is 0 Å². The lowest BCUT2D eigenvalue weighted by Crippen LogP contribution is -2.33. The Kier molecular flexibility index (Phi) is 7.85. The van der Waals surface area contributed by atoms with Gasteiger partial charge in [-0.1, -0.05) is 200 Å². The zero-order chi connectivity index (χ0) is 41.5. The number of anilines is 3. The number of fused-ring (bicyclic) bond motifs is 12. The number of benzene rings is 10. The van der Waals surface area contributed by atoms with Crippen LogP contribution in [0.5, 0.6) is 0 Å². The van der Waals surface area contributed by atoms with E-state index in [2.05, 4.69) is 252 Å². The van der Waals surface area contributed by atoms with Crippen LogP contribution in [0.25, 0.3) is 72.0 Å². The van der Waals surface area contributed by atoms with E-state index < -0.39 is 5.41 Å². The molecule has 0 fully saturated rings. The van der Waals surface area contributed by atoms with E-state index in [9.17, 15) is 0 Å². The van der Waals surface area contributed by atoms with Crippen molar-refractivity contribution in [2.45, 2.75) is 5.41 Å². The van der Waals surface area contributed by atoms with E-state index in [1.165, 1.54) is 88.7 Å². The van der Waals surface area contributed by atoms with Crippen molar-refractivity contribution in [3.05, 3.63) is 265 Å². The largest absolute Gasteiger partial charge is 0.309 e. The van der Waals surface area contributed by atoms with E-state index in [0.717, 1.165) is 22.6 Å². The van der Waals surface area contributed by atoms with Crippen molar-refractivity contribution in [3.8, 4) is 50.2 Å². The highest BCUT2D eigenvalue weighted by Gasteiger charge is 2.51. The fourth-order valence-corrected chi connectivity index (χ4v) is 11.0. The van der Waals surface area contributed by atoms with Gasteiger partial charge in [-0.25, -0.2) is 0 Å². The summed E-state index contributed by atoms with van der Waals surface area (Å²) in [6.07, 6.45) is 0. The molecule has 2 aliphatic rings. The van der Waals surface area contributed by atoms with Crippen molar-refractivity contribution in [1.29, 1.82) is 0 Å². The first-order chi connectivity index (χ1) is 31.3. The molecule has 1 atom stereocenters. The third-order valence-electron chi connectivity index (χ3n) is 13.6. The topological polar surface area (TPSA) is 8.17 Å². The number of para-hydroxylation sites is 5. The lowest BCUT2D eigenvalue weighted by Gasteiger charge is -2.39. The Morgan fingerprint density at radius 1 is 0.317 bits per heavy atom. The van der Waals surface area contributed by atoms with Crippen LogP contribution in [-0.2, 0) is 5.41 Å². The van der Waals surface area contributed by atoms with Crippen molar-refractivity contribution in [2.75, 3.05) is 4.90 Å². The molecule has 0 radical (unpaired) electrons. The van der Waals surface area contributed by atoms with Crippen LogP contribution in [-0.4, -0.2) is 4.57 Å². The maximum Gasteiger partial charge on any atom is 0.0754 e. The molecule has 1 unspecified atom stereocenters. The van der Waals surface area contributed by atoms with Crippen LogP contribution in [0.15, 0.2) is 243 Å². The van der Waals surface area contributed by atoms with Gasteiger partial charge in [0.2, 0.25) is 0 Å². The van der Waals surface area contributed by atoms with Crippen LogP contribution in [0.1, 0.15) is 22.3 Å². The van der Waals surface area contributed by atoms with Crippen molar-refractivity contribution in [3.63, 3.8) is 0 Å². The molecule has 2 nitrogen and oxygen atoms in total. The van der Waals surface area contributed by atoms with Crippen LogP contribution in [0.2, 0.25) is 0 Å². The van der Waals surface area contributed by atoms with Gasteiger partial charge in [0, 0.05) is 27.6 Å². The second kappa shape index (κ2) is 13.9. The average Bonchev–Trinajstić information content (AvgIpc) is 3.85. The van der Waals surface area contributed by atoms with E-state index in [0.29, 0.717) is 0 Å². The Morgan fingerprint density at radius 2 is 0.857 bits per heavy atom. The SMILES string of the molecule is c1ccc(-c2cccc(-c3ccccc3N(c3ccc4c(c3)-c3ccccc3C43c4ccccc4-n4c5ccccc5c5cccc3c54)c3ccccc3-c3ccccc3)c2)cc1. The van der Waals surface area contributed by atoms with Gasteiger partial charge < -0.3 is 9.47 Å². The molecule has 11 aromatic rings. The van der Waals surface area contributed by atoms with Gasteiger partial charge in [0.25, 0.3) is 0 Å². The zero-order valence-electron chi connectivity index (χ0n) is 34.5. The van der Waals surface area contributed by atoms with Crippen molar-refractivity contribution in [1.82, 2.24) is 4.57 Å². The standard InChI is InChI=1S/C61H40N2/c1-3-19-41(20-4-1)43-23-17-24-44(39-43)47-26-9-14-34-57(47)62(56-33-13-8-25-46(56)42-21-5-2-6-22-42)45-37-38-53-51(40-45)48-27-7-11-30-52(48)61(53)54-31-12-16-36-59(54)63-58-35-15-10-28-49(58)50-29-18-32-55(61)60(50)63/h1-40H. The summed E-state index contributed by atoms with van der Waals surface area (Å²) in [6, 6.07) is 89.6. The number of hydrogen-bond donors (Lipinski definition) is 0. The molecule has 2 heteroatoms. The second-order valence-corrected chi connectivity index (χ2v) is 16.8. The second-order valence-electron chi connectivity index (χ2n) is 16.8. The van der Waals surface area contributed by atoms with Gasteiger partial charge in [-0.3, -0.25) is 0 Å². The van der Waals surface area contributed by atoms with Crippen LogP contribution in [0.4, 0.5) is 17.1 Å². The predicted molar refractivity (Wildman–Crippen MR) is 263 cm³/mol. The number of nitrogens with zero attached hydrogens (tertiary/aromatic N) is 2. The van der Waals surface area contributed by atoms with Gasteiger partial charge in [0.15, 0.2) is 0 Å². The van der Waals surface area contributed by atoms with Crippen molar-refractivity contribution < 1.29 is 0 Å². The van der Waals surface area contributed by atoms with E-state index in [4.69, 9.17) is 0 Å². The molecule has 294 valence electrons. The van der Waals surface area contributed by atoms with Crippen LogP contribution >= 0.6 is 0 Å². The van der Waals surface area contributed by atoms with E-state index in [1.807, 2.05) is 0 Å². The highest BCUT2D eigenvalue weighted by Crippen LogP contribution is 2.62. The average molecular weight is 801 g/mol. The van der Waals surface area contributed by atoms with Gasteiger partial charge in [-0.2, -0.15) is 0 Å². The Bertz CT molecular complexity index is 3580. The summed E-state index contributed by atoms with van der Waals surface area (Å²) in [6.45, 7) is 0. The van der Waals surface area contributed by atoms with Crippen molar-refractivity contribution in [2.24, 2.45) is 0 Å². The fraction of sp³-hybridized carbons (Fsp3) is 0.0164. The Balaban J connectivity index is 1.08. The molecule has 0 amide bonds. The predicted octanol–water partition coefficient (Wildman–Crippen LogP) is 15.9. The van der Waals surface area contributed by atoms with E-state index in [1.54, 1.807) is 0 Å². The Labute approximate surface area is 367 Å². The molecule has 0 saturated carbocycles. The summed E-state index contributed by atoms with van der Waals surface area (Å²) >= 11 is 0. The third kappa shape index (κ3) is 5.13. The highest BCUT2D eigenvalue weighted by atomic mass is 15.1. The minimum absolute atomic E-state index is 0.520. The molecule has 1 spiro atoms. The van der Waals surface area contributed by atoms with Crippen LogP contribution in [0, 0.1) is 0 Å². The summed E-state index contributed by atoms with van der Waals surface area (Å²) in [7, 11) is 0. The lowest BCUT2D eigenvalue weighted by atomic mass is 9.65. The molecule has 63 heavy (non-hydrogen) atoms.